The molecule has 3 heterocycles. The van der Waals surface area contributed by atoms with Crippen molar-refractivity contribution in [1.82, 2.24) is 24.8 Å². The molecule has 2 N–H and O–H groups in total. The summed E-state index contributed by atoms with van der Waals surface area (Å²) < 4.78 is 2.13. The predicted molar refractivity (Wildman–Crippen MR) is 69.9 cm³/mol. The van der Waals surface area contributed by atoms with E-state index in [1.54, 1.807) is 16.3 Å². The summed E-state index contributed by atoms with van der Waals surface area (Å²) in [5.41, 5.74) is 1.07. The lowest BCUT2D eigenvalue weighted by molar-refractivity contribution is 0.168. The quantitative estimate of drug-likeness (QED) is 0.785. The number of hydrogen-bond acceptors (Lipinski definition) is 6. The maximum Gasteiger partial charge on any atom is 0.193 e. The van der Waals surface area contributed by atoms with E-state index in [1.165, 1.54) is 4.88 Å². The van der Waals surface area contributed by atoms with E-state index < -0.39 is 0 Å². The van der Waals surface area contributed by atoms with E-state index in [0.29, 0.717) is 0 Å². The van der Waals surface area contributed by atoms with Gasteiger partial charge in [0.05, 0.1) is 11.7 Å². The van der Waals surface area contributed by atoms with Crippen LogP contribution in [0.2, 0.25) is 0 Å². The first-order chi connectivity index (χ1) is 8.58. The topological polar surface area (TPSA) is 72.9 Å². The van der Waals surface area contributed by atoms with Crippen molar-refractivity contribution in [3.05, 3.63) is 16.4 Å². The van der Waals surface area contributed by atoms with Gasteiger partial charge in [0.25, 0.3) is 0 Å². The van der Waals surface area contributed by atoms with E-state index in [0.717, 1.165) is 35.4 Å². The van der Waals surface area contributed by atoms with Crippen LogP contribution in [0.5, 0.6) is 0 Å². The SMILES string of the molecule is Cc1nc(-c2nnc3n2CCN(N)[C@H]3C)sc1C. The number of thiazole rings is 1. The van der Waals surface area contributed by atoms with Crippen LogP contribution in [0.3, 0.4) is 0 Å². The highest BCUT2D eigenvalue weighted by molar-refractivity contribution is 7.15. The monoisotopic (exact) mass is 264 g/mol. The Morgan fingerprint density at radius 2 is 2.06 bits per heavy atom. The molecular formula is C11H16N6S. The van der Waals surface area contributed by atoms with Gasteiger partial charge in [-0.25, -0.2) is 9.99 Å². The highest BCUT2D eigenvalue weighted by Gasteiger charge is 2.27. The number of hydrazine groups is 1. The van der Waals surface area contributed by atoms with Crippen molar-refractivity contribution in [3.63, 3.8) is 0 Å². The summed E-state index contributed by atoms with van der Waals surface area (Å²) in [4.78, 5) is 5.78. The molecule has 0 spiro atoms. The second kappa shape index (κ2) is 4.11. The third-order valence-corrected chi connectivity index (χ3v) is 4.52. The Labute approximate surface area is 109 Å². The van der Waals surface area contributed by atoms with Crippen molar-refractivity contribution in [2.24, 2.45) is 5.84 Å². The lowest BCUT2D eigenvalue weighted by Gasteiger charge is -2.29. The Morgan fingerprint density at radius 1 is 1.28 bits per heavy atom. The molecule has 2 aromatic heterocycles. The summed E-state index contributed by atoms with van der Waals surface area (Å²) in [5.74, 6) is 7.70. The van der Waals surface area contributed by atoms with Gasteiger partial charge in [0.1, 0.15) is 0 Å². The third-order valence-electron chi connectivity index (χ3n) is 3.45. The maximum atomic E-state index is 5.91. The average molecular weight is 264 g/mol. The lowest BCUT2D eigenvalue weighted by Crippen LogP contribution is -2.41. The summed E-state index contributed by atoms with van der Waals surface area (Å²) in [6.07, 6.45) is 0. The molecule has 0 saturated carbocycles. The fourth-order valence-corrected chi connectivity index (χ4v) is 3.04. The molecule has 96 valence electrons. The molecule has 1 aliphatic heterocycles. The molecule has 0 saturated heterocycles. The fraction of sp³-hybridized carbons (Fsp3) is 0.545. The second-order valence-corrected chi connectivity index (χ2v) is 5.81. The Bertz CT molecular complexity index is 567. The van der Waals surface area contributed by atoms with Gasteiger partial charge in [0, 0.05) is 18.0 Å². The van der Waals surface area contributed by atoms with Crippen molar-refractivity contribution in [2.75, 3.05) is 6.54 Å². The van der Waals surface area contributed by atoms with Crippen LogP contribution in [0, 0.1) is 13.8 Å². The van der Waals surface area contributed by atoms with E-state index in [9.17, 15) is 0 Å². The fourth-order valence-electron chi connectivity index (χ4n) is 2.13. The first-order valence-corrected chi connectivity index (χ1v) is 6.78. The maximum absolute atomic E-state index is 5.91. The zero-order valence-electron chi connectivity index (χ0n) is 10.7. The smallest absolute Gasteiger partial charge is 0.193 e. The summed E-state index contributed by atoms with van der Waals surface area (Å²) >= 11 is 1.67. The molecule has 0 aliphatic carbocycles. The van der Waals surface area contributed by atoms with E-state index in [2.05, 4.69) is 26.7 Å². The zero-order valence-corrected chi connectivity index (χ0v) is 11.5. The molecule has 3 rings (SSSR count). The first-order valence-electron chi connectivity index (χ1n) is 5.96. The third kappa shape index (κ3) is 1.66. The zero-order chi connectivity index (χ0) is 12.9. The molecule has 0 unspecified atom stereocenters. The van der Waals surface area contributed by atoms with Gasteiger partial charge in [0.2, 0.25) is 0 Å². The van der Waals surface area contributed by atoms with Crippen molar-refractivity contribution >= 4 is 11.3 Å². The molecule has 0 fully saturated rings. The van der Waals surface area contributed by atoms with Gasteiger partial charge in [-0.05, 0) is 20.8 Å². The van der Waals surface area contributed by atoms with Crippen LogP contribution < -0.4 is 5.84 Å². The summed E-state index contributed by atoms with van der Waals surface area (Å²) in [6, 6.07) is 0.0992. The highest BCUT2D eigenvalue weighted by atomic mass is 32.1. The van der Waals surface area contributed by atoms with E-state index >= 15 is 0 Å². The number of aryl methyl sites for hydroxylation is 2. The molecule has 7 heteroatoms. The van der Waals surface area contributed by atoms with Gasteiger partial charge in [0.15, 0.2) is 16.7 Å². The first kappa shape index (κ1) is 11.8. The molecule has 1 aliphatic rings. The van der Waals surface area contributed by atoms with Gasteiger partial charge in [-0.3, -0.25) is 5.84 Å². The standard InChI is InChI=1S/C11H16N6S/c1-6-8(3)18-11(13-6)10-15-14-9-7(2)17(12)5-4-16(9)10/h7H,4-5,12H2,1-3H3/t7-/m0/s1. The number of fused-ring (bicyclic) bond motifs is 1. The minimum atomic E-state index is 0.0992. The summed E-state index contributed by atoms with van der Waals surface area (Å²) in [5, 5.41) is 11.3. The van der Waals surface area contributed by atoms with Crippen LogP contribution >= 0.6 is 11.3 Å². The second-order valence-electron chi connectivity index (χ2n) is 4.61. The van der Waals surface area contributed by atoms with Crippen molar-refractivity contribution in [2.45, 2.75) is 33.4 Å². The van der Waals surface area contributed by atoms with Gasteiger partial charge in [-0.2, -0.15) is 0 Å². The van der Waals surface area contributed by atoms with Crippen LogP contribution in [0.25, 0.3) is 10.8 Å². The highest BCUT2D eigenvalue weighted by Crippen LogP contribution is 2.30. The Hall–Kier alpha value is -1.31. The minimum Gasteiger partial charge on any atom is -0.306 e. The number of aromatic nitrogens is 4. The van der Waals surface area contributed by atoms with Crippen LogP contribution in [0.1, 0.15) is 29.4 Å². The molecule has 0 amide bonds. The molecule has 2 aromatic rings. The molecular weight excluding hydrogens is 248 g/mol. The molecule has 0 radical (unpaired) electrons. The van der Waals surface area contributed by atoms with Gasteiger partial charge in [-0.1, -0.05) is 0 Å². The molecule has 0 aromatic carbocycles. The predicted octanol–water partition coefficient (Wildman–Crippen LogP) is 1.27. The Morgan fingerprint density at radius 3 is 2.72 bits per heavy atom. The lowest BCUT2D eigenvalue weighted by atomic mass is 10.2. The number of nitrogens with zero attached hydrogens (tertiary/aromatic N) is 5. The van der Waals surface area contributed by atoms with E-state index in [1.807, 2.05) is 13.8 Å². The molecule has 0 bridgehead atoms. The number of rotatable bonds is 1. The molecule has 6 nitrogen and oxygen atoms in total. The van der Waals surface area contributed by atoms with Crippen LogP contribution in [-0.2, 0) is 6.54 Å². The number of hydrogen-bond donors (Lipinski definition) is 1. The Balaban J connectivity index is 2.07. The van der Waals surface area contributed by atoms with E-state index in [-0.39, 0.29) is 6.04 Å². The van der Waals surface area contributed by atoms with Gasteiger partial charge in [-0.15, -0.1) is 21.5 Å². The minimum absolute atomic E-state index is 0.0992. The van der Waals surface area contributed by atoms with Crippen molar-refractivity contribution < 1.29 is 0 Å². The molecule has 1 atom stereocenters. The summed E-state index contributed by atoms with van der Waals surface area (Å²) in [6.45, 7) is 7.77. The van der Waals surface area contributed by atoms with Gasteiger partial charge >= 0.3 is 0 Å². The van der Waals surface area contributed by atoms with Crippen LogP contribution in [0.15, 0.2) is 0 Å². The van der Waals surface area contributed by atoms with Gasteiger partial charge < -0.3 is 4.57 Å². The Kier molecular flexibility index (Phi) is 2.69. The van der Waals surface area contributed by atoms with Crippen molar-refractivity contribution in [1.29, 1.82) is 0 Å². The van der Waals surface area contributed by atoms with E-state index in [4.69, 9.17) is 5.84 Å². The summed E-state index contributed by atoms with van der Waals surface area (Å²) in [7, 11) is 0. The largest absolute Gasteiger partial charge is 0.306 e. The van der Waals surface area contributed by atoms with Crippen LogP contribution in [0.4, 0.5) is 0 Å². The van der Waals surface area contributed by atoms with Crippen molar-refractivity contribution in [3.8, 4) is 10.8 Å². The molecule has 18 heavy (non-hydrogen) atoms. The van der Waals surface area contributed by atoms with Crippen LogP contribution in [-0.4, -0.2) is 31.3 Å². The number of nitrogens with two attached hydrogens (primary N) is 1. The average Bonchev–Trinajstić information content (AvgIpc) is 2.89. The normalized spacial score (nSPS) is 20.1.